The summed E-state index contributed by atoms with van der Waals surface area (Å²) in [5, 5.41) is 0. The number of nitrogens with zero attached hydrogens (tertiary/aromatic N) is 2. The van der Waals surface area contributed by atoms with Gasteiger partial charge in [-0.25, -0.2) is 4.98 Å². The Morgan fingerprint density at radius 3 is 2.93 bits per heavy atom. The molecule has 1 aliphatic rings. The topological polar surface area (TPSA) is 59.2 Å². The molecule has 5 heteroatoms. The molecule has 0 bridgehead atoms. The average Bonchev–Trinajstić information content (AvgIpc) is 2.61. The molecule has 0 saturated carbocycles. The number of carbonyl (C=O) groups is 1. The Kier molecular flexibility index (Phi) is 3.20. The number of nitrogens with two attached hydrogens (primary N) is 1. The van der Waals surface area contributed by atoms with Crippen molar-refractivity contribution in [3.8, 4) is 0 Å². The minimum absolute atomic E-state index is 0.124. The molecule has 15 heavy (non-hydrogen) atoms. The maximum Gasteiger partial charge on any atom is 0.228 e. The van der Waals surface area contributed by atoms with Gasteiger partial charge < -0.3 is 5.73 Å². The molecular weight excluding hydrogens is 305 g/mol. The quantitative estimate of drug-likeness (QED) is 0.828. The van der Waals surface area contributed by atoms with Crippen LogP contribution in [0.2, 0.25) is 0 Å². The van der Waals surface area contributed by atoms with Gasteiger partial charge in [0.15, 0.2) is 0 Å². The van der Waals surface area contributed by atoms with Crippen LogP contribution in [0.4, 0.5) is 5.82 Å². The molecule has 1 aromatic rings. The van der Waals surface area contributed by atoms with Gasteiger partial charge in [0, 0.05) is 22.7 Å². The Hall–Kier alpha value is -0.690. The average molecular weight is 317 g/mol. The lowest BCUT2D eigenvalue weighted by molar-refractivity contribution is -0.117. The Morgan fingerprint density at radius 1 is 1.60 bits per heavy atom. The van der Waals surface area contributed by atoms with Gasteiger partial charge in [-0.3, -0.25) is 9.69 Å². The van der Waals surface area contributed by atoms with Crippen molar-refractivity contribution >= 4 is 34.3 Å². The maximum atomic E-state index is 11.7. The van der Waals surface area contributed by atoms with E-state index in [2.05, 4.69) is 27.6 Å². The predicted octanol–water partition coefficient (Wildman–Crippen LogP) is 0.998. The molecule has 1 aromatic heterocycles. The van der Waals surface area contributed by atoms with Crippen molar-refractivity contribution in [2.45, 2.75) is 6.42 Å². The van der Waals surface area contributed by atoms with Crippen LogP contribution in [0.1, 0.15) is 6.42 Å². The molecule has 0 spiro atoms. The fraction of sp³-hybridized carbons (Fsp3) is 0.400. The lowest BCUT2D eigenvalue weighted by Gasteiger charge is -2.14. The van der Waals surface area contributed by atoms with Crippen molar-refractivity contribution in [2.75, 3.05) is 18.0 Å². The second-order valence-corrected chi connectivity index (χ2v) is 4.89. The highest BCUT2D eigenvalue weighted by Gasteiger charge is 2.30. The molecule has 2 N–H and O–H groups in total. The van der Waals surface area contributed by atoms with E-state index in [-0.39, 0.29) is 11.8 Å². The van der Waals surface area contributed by atoms with Crippen LogP contribution in [-0.2, 0) is 4.79 Å². The normalized spacial score (nSPS) is 21.1. The van der Waals surface area contributed by atoms with Crippen molar-refractivity contribution in [3.63, 3.8) is 0 Å². The van der Waals surface area contributed by atoms with Crippen molar-refractivity contribution in [1.29, 1.82) is 0 Å². The SMILES string of the molecule is NCC1CC(=O)N(c2ccc(I)cn2)C1. The molecule has 4 nitrogen and oxygen atoms in total. The van der Waals surface area contributed by atoms with Crippen LogP contribution in [0.3, 0.4) is 0 Å². The number of amides is 1. The molecule has 1 atom stereocenters. The summed E-state index contributed by atoms with van der Waals surface area (Å²) in [7, 11) is 0. The molecule has 2 rings (SSSR count). The van der Waals surface area contributed by atoms with Crippen molar-refractivity contribution < 1.29 is 4.79 Å². The Balaban J connectivity index is 2.18. The van der Waals surface area contributed by atoms with Gasteiger partial charge in [0.25, 0.3) is 0 Å². The molecule has 1 unspecified atom stereocenters. The first-order chi connectivity index (χ1) is 7.20. The highest BCUT2D eigenvalue weighted by molar-refractivity contribution is 14.1. The summed E-state index contributed by atoms with van der Waals surface area (Å²) in [6.07, 6.45) is 2.31. The summed E-state index contributed by atoms with van der Waals surface area (Å²) in [5.41, 5.74) is 5.56. The zero-order valence-electron chi connectivity index (χ0n) is 8.19. The van der Waals surface area contributed by atoms with Gasteiger partial charge in [0.2, 0.25) is 5.91 Å². The number of pyridine rings is 1. The van der Waals surface area contributed by atoms with Gasteiger partial charge in [-0.05, 0) is 47.2 Å². The van der Waals surface area contributed by atoms with E-state index in [0.29, 0.717) is 19.5 Å². The van der Waals surface area contributed by atoms with Crippen LogP contribution in [0.25, 0.3) is 0 Å². The van der Waals surface area contributed by atoms with Crippen LogP contribution < -0.4 is 10.6 Å². The van der Waals surface area contributed by atoms with Crippen molar-refractivity contribution in [2.24, 2.45) is 11.7 Å². The summed E-state index contributed by atoms with van der Waals surface area (Å²) in [6, 6.07) is 3.82. The highest BCUT2D eigenvalue weighted by Crippen LogP contribution is 2.22. The van der Waals surface area contributed by atoms with Crippen LogP contribution in [0.5, 0.6) is 0 Å². The van der Waals surface area contributed by atoms with Crippen LogP contribution >= 0.6 is 22.6 Å². The molecule has 1 fully saturated rings. The summed E-state index contributed by atoms with van der Waals surface area (Å²) < 4.78 is 1.07. The molecule has 80 valence electrons. The molecule has 1 amide bonds. The lowest BCUT2D eigenvalue weighted by atomic mass is 10.1. The molecular formula is C10H12IN3O. The molecule has 0 radical (unpaired) electrons. The summed E-state index contributed by atoms with van der Waals surface area (Å²) >= 11 is 2.19. The number of aromatic nitrogens is 1. The lowest BCUT2D eigenvalue weighted by Crippen LogP contribution is -2.26. The molecule has 2 heterocycles. The second-order valence-electron chi connectivity index (χ2n) is 3.64. The van der Waals surface area contributed by atoms with E-state index < -0.39 is 0 Å². The zero-order valence-corrected chi connectivity index (χ0v) is 10.3. The number of hydrogen-bond acceptors (Lipinski definition) is 3. The summed E-state index contributed by atoms with van der Waals surface area (Å²) in [4.78, 5) is 17.6. The predicted molar refractivity (Wildman–Crippen MR) is 66.5 cm³/mol. The van der Waals surface area contributed by atoms with Crippen LogP contribution in [-0.4, -0.2) is 24.0 Å². The third kappa shape index (κ3) is 2.28. The van der Waals surface area contributed by atoms with E-state index in [9.17, 15) is 4.79 Å². The van der Waals surface area contributed by atoms with Gasteiger partial charge in [-0.1, -0.05) is 0 Å². The van der Waals surface area contributed by atoms with Gasteiger partial charge in [0.1, 0.15) is 5.82 Å². The van der Waals surface area contributed by atoms with Gasteiger partial charge in [-0.15, -0.1) is 0 Å². The first kappa shape index (κ1) is 10.8. The first-order valence-corrected chi connectivity index (χ1v) is 5.90. The minimum atomic E-state index is 0.124. The number of rotatable bonds is 2. The Bertz CT molecular complexity index is 365. The second kappa shape index (κ2) is 4.44. The zero-order chi connectivity index (χ0) is 10.8. The van der Waals surface area contributed by atoms with Crippen molar-refractivity contribution in [1.82, 2.24) is 4.98 Å². The molecule has 1 saturated heterocycles. The molecule has 0 aromatic carbocycles. The fourth-order valence-electron chi connectivity index (χ4n) is 1.69. The molecule has 0 aliphatic carbocycles. The van der Waals surface area contributed by atoms with Gasteiger partial charge in [-0.2, -0.15) is 0 Å². The Morgan fingerprint density at radius 2 is 2.40 bits per heavy atom. The monoisotopic (exact) mass is 317 g/mol. The van der Waals surface area contributed by atoms with Gasteiger partial charge >= 0.3 is 0 Å². The fourth-order valence-corrected chi connectivity index (χ4v) is 2.01. The van der Waals surface area contributed by atoms with E-state index in [1.807, 2.05) is 12.1 Å². The van der Waals surface area contributed by atoms with Crippen molar-refractivity contribution in [3.05, 3.63) is 21.9 Å². The number of anilines is 1. The first-order valence-electron chi connectivity index (χ1n) is 4.82. The Labute approximate surface area is 102 Å². The largest absolute Gasteiger partial charge is 0.330 e. The van der Waals surface area contributed by atoms with Gasteiger partial charge in [0.05, 0.1) is 0 Å². The van der Waals surface area contributed by atoms with E-state index >= 15 is 0 Å². The number of hydrogen-bond donors (Lipinski definition) is 1. The van der Waals surface area contributed by atoms with Crippen LogP contribution in [0.15, 0.2) is 18.3 Å². The maximum absolute atomic E-state index is 11.7. The van der Waals surface area contributed by atoms with E-state index in [0.717, 1.165) is 9.39 Å². The minimum Gasteiger partial charge on any atom is -0.330 e. The van der Waals surface area contributed by atoms with Crippen LogP contribution in [0, 0.1) is 9.49 Å². The highest BCUT2D eigenvalue weighted by atomic mass is 127. The van der Waals surface area contributed by atoms with E-state index in [4.69, 9.17) is 5.73 Å². The standard InChI is InChI=1S/C10H12IN3O/c11-8-1-2-9(13-5-8)14-6-7(4-12)3-10(14)15/h1-2,5,7H,3-4,6,12H2. The number of halogens is 1. The third-order valence-corrected chi connectivity index (χ3v) is 3.16. The van der Waals surface area contributed by atoms with E-state index in [1.165, 1.54) is 0 Å². The van der Waals surface area contributed by atoms with E-state index in [1.54, 1.807) is 11.1 Å². The summed E-state index contributed by atoms with van der Waals surface area (Å²) in [5.74, 6) is 1.13. The number of carbonyl (C=O) groups excluding carboxylic acids is 1. The third-order valence-electron chi connectivity index (χ3n) is 2.53. The smallest absolute Gasteiger partial charge is 0.228 e. The summed E-state index contributed by atoms with van der Waals surface area (Å²) in [6.45, 7) is 1.26. The molecule has 1 aliphatic heterocycles.